The summed E-state index contributed by atoms with van der Waals surface area (Å²) in [6, 6.07) is 10.9. The molecule has 3 rings (SSSR count). The highest BCUT2D eigenvalue weighted by molar-refractivity contribution is 5.47. The summed E-state index contributed by atoms with van der Waals surface area (Å²) in [6.07, 6.45) is 2.06. The minimum atomic E-state index is 0.201. The minimum absolute atomic E-state index is 0.201. The van der Waals surface area contributed by atoms with Gasteiger partial charge in [-0.15, -0.1) is 0 Å². The zero-order valence-corrected chi connectivity index (χ0v) is 11.5. The van der Waals surface area contributed by atoms with Gasteiger partial charge in [0.15, 0.2) is 0 Å². The van der Waals surface area contributed by atoms with Crippen LogP contribution in [0.25, 0.3) is 0 Å². The zero-order valence-electron chi connectivity index (χ0n) is 11.5. The molecule has 0 aromatic heterocycles. The lowest BCUT2D eigenvalue weighted by molar-refractivity contribution is -0.0923. The molecule has 2 fully saturated rings. The van der Waals surface area contributed by atoms with Crippen molar-refractivity contribution in [1.29, 1.82) is 5.26 Å². The quantitative estimate of drug-likeness (QED) is 0.904. The predicted octanol–water partition coefficient (Wildman–Crippen LogP) is 2.98. The van der Waals surface area contributed by atoms with Crippen molar-refractivity contribution in [2.24, 2.45) is 11.3 Å². The van der Waals surface area contributed by atoms with E-state index in [0.29, 0.717) is 24.5 Å². The molecule has 1 N–H and O–H groups in total. The Balaban J connectivity index is 1.70. The van der Waals surface area contributed by atoms with Crippen molar-refractivity contribution < 1.29 is 4.74 Å². The summed E-state index contributed by atoms with van der Waals surface area (Å²) in [5, 5.41) is 12.3. The number of fused-ring (bicyclic) bond motifs is 1. The summed E-state index contributed by atoms with van der Waals surface area (Å²) in [5.74, 6) is 0.647. The standard InChI is InChI=1S/C16H20N2O/c1-16(2)14(13-8-10-19-15(13)16)18-12-5-3-11(4-6-12)7-9-17/h3-6,13-15,18H,7-8,10H2,1-2H3. The Morgan fingerprint density at radius 3 is 2.79 bits per heavy atom. The fourth-order valence-corrected chi connectivity index (χ4v) is 3.61. The van der Waals surface area contributed by atoms with Gasteiger partial charge in [0.1, 0.15) is 0 Å². The summed E-state index contributed by atoms with van der Waals surface area (Å²) in [5.41, 5.74) is 2.42. The van der Waals surface area contributed by atoms with Crippen LogP contribution in [0.3, 0.4) is 0 Å². The van der Waals surface area contributed by atoms with E-state index in [0.717, 1.165) is 24.3 Å². The maximum atomic E-state index is 8.67. The first-order valence-corrected chi connectivity index (χ1v) is 6.97. The van der Waals surface area contributed by atoms with Crippen LogP contribution in [0, 0.1) is 22.7 Å². The van der Waals surface area contributed by atoms with Crippen LogP contribution >= 0.6 is 0 Å². The second-order valence-electron chi connectivity index (χ2n) is 6.22. The molecule has 1 heterocycles. The number of nitrogens with one attached hydrogen (secondary N) is 1. The zero-order chi connectivity index (χ0) is 13.5. The van der Waals surface area contributed by atoms with Gasteiger partial charge in [0.05, 0.1) is 18.6 Å². The molecule has 3 nitrogen and oxygen atoms in total. The van der Waals surface area contributed by atoms with E-state index >= 15 is 0 Å². The summed E-state index contributed by atoms with van der Waals surface area (Å²) >= 11 is 0. The van der Waals surface area contributed by atoms with Crippen molar-refractivity contribution in [3.63, 3.8) is 0 Å². The predicted molar refractivity (Wildman–Crippen MR) is 74.8 cm³/mol. The topological polar surface area (TPSA) is 45.0 Å². The molecule has 3 atom stereocenters. The SMILES string of the molecule is CC1(C)C(Nc2ccc(CC#N)cc2)C2CCOC21. The van der Waals surface area contributed by atoms with Gasteiger partial charge >= 0.3 is 0 Å². The third kappa shape index (κ3) is 2.01. The Morgan fingerprint density at radius 1 is 1.37 bits per heavy atom. The molecule has 3 unspecified atom stereocenters. The number of rotatable bonds is 3. The normalized spacial score (nSPS) is 31.1. The Morgan fingerprint density at radius 2 is 2.11 bits per heavy atom. The Hall–Kier alpha value is -1.53. The fourth-order valence-electron chi connectivity index (χ4n) is 3.61. The second kappa shape index (κ2) is 4.54. The largest absolute Gasteiger partial charge is 0.381 e. The molecule has 1 aliphatic carbocycles. The molecule has 1 saturated carbocycles. The van der Waals surface area contributed by atoms with Crippen molar-refractivity contribution in [2.45, 2.75) is 38.8 Å². The van der Waals surface area contributed by atoms with E-state index in [1.807, 2.05) is 12.1 Å². The van der Waals surface area contributed by atoms with E-state index in [1.54, 1.807) is 0 Å². The number of anilines is 1. The van der Waals surface area contributed by atoms with Crippen LogP contribution in [-0.2, 0) is 11.2 Å². The van der Waals surface area contributed by atoms with Crippen molar-refractivity contribution in [3.8, 4) is 6.07 Å². The molecular formula is C16H20N2O. The van der Waals surface area contributed by atoms with Gasteiger partial charge in [-0.3, -0.25) is 0 Å². The molecule has 2 aliphatic rings. The maximum absolute atomic E-state index is 8.67. The highest BCUT2D eigenvalue weighted by atomic mass is 16.5. The summed E-state index contributed by atoms with van der Waals surface area (Å²) < 4.78 is 5.81. The summed E-state index contributed by atoms with van der Waals surface area (Å²) in [7, 11) is 0. The average Bonchev–Trinajstić information content (AvgIpc) is 2.85. The van der Waals surface area contributed by atoms with Gasteiger partial charge in [-0.2, -0.15) is 5.26 Å². The van der Waals surface area contributed by atoms with Crippen LogP contribution in [-0.4, -0.2) is 18.8 Å². The second-order valence-corrected chi connectivity index (χ2v) is 6.22. The Kier molecular flexibility index (Phi) is 2.99. The molecule has 1 aliphatic heterocycles. The van der Waals surface area contributed by atoms with E-state index in [9.17, 15) is 0 Å². The van der Waals surface area contributed by atoms with Crippen LogP contribution in [0.4, 0.5) is 5.69 Å². The number of ether oxygens (including phenoxy) is 1. The van der Waals surface area contributed by atoms with Gasteiger partial charge in [0.25, 0.3) is 0 Å². The molecule has 100 valence electrons. The Bertz CT molecular complexity index is 500. The number of nitriles is 1. The molecule has 0 amide bonds. The number of nitrogens with zero attached hydrogens (tertiary/aromatic N) is 1. The van der Waals surface area contributed by atoms with E-state index in [1.165, 1.54) is 0 Å². The van der Waals surface area contributed by atoms with Crippen molar-refractivity contribution in [2.75, 3.05) is 11.9 Å². The van der Waals surface area contributed by atoms with Gasteiger partial charge in [-0.05, 0) is 24.1 Å². The molecular weight excluding hydrogens is 236 g/mol. The average molecular weight is 256 g/mol. The third-order valence-electron chi connectivity index (χ3n) is 4.66. The van der Waals surface area contributed by atoms with Gasteiger partial charge < -0.3 is 10.1 Å². The van der Waals surface area contributed by atoms with Crippen LogP contribution in [0.15, 0.2) is 24.3 Å². The first-order chi connectivity index (χ1) is 9.13. The van der Waals surface area contributed by atoms with Crippen LogP contribution in [0.5, 0.6) is 0 Å². The lowest BCUT2D eigenvalue weighted by atomic mass is 9.57. The van der Waals surface area contributed by atoms with Gasteiger partial charge in [-0.25, -0.2) is 0 Å². The lowest BCUT2D eigenvalue weighted by Gasteiger charge is -2.55. The van der Waals surface area contributed by atoms with Gasteiger partial charge in [0.2, 0.25) is 0 Å². The number of hydrogen-bond donors (Lipinski definition) is 1. The van der Waals surface area contributed by atoms with Crippen molar-refractivity contribution >= 4 is 5.69 Å². The minimum Gasteiger partial charge on any atom is -0.381 e. The van der Waals surface area contributed by atoms with Crippen LogP contribution in [0.2, 0.25) is 0 Å². The maximum Gasteiger partial charge on any atom is 0.0694 e. The van der Waals surface area contributed by atoms with Gasteiger partial charge in [-0.1, -0.05) is 26.0 Å². The highest BCUT2D eigenvalue weighted by Gasteiger charge is 2.59. The first-order valence-electron chi connectivity index (χ1n) is 6.97. The molecule has 0 bridgehead atoms. The van der Waals surface area contributed by atoms with E-state index in [2.05, 4.69) is 37.4 Å². The van der Waals surface area contributed by atoms with E-state index < -0.39 is 0 Å². The molecule has 0 radical (unpaired) electrons. The Labute approximate surface area is 114 Å². The molecule has 0 spiro atoms. The molecule has 1 aromatic carbocycles. The molecule has 3 heteroatoms. The van der Waals surface area contributed by atoms with Crippen LogP contribution < -0.4 is 5.32 Å². The number of benzene rings is 1. The fraction of sp³-hybridized carbons (Fsp3) is 0.562. The van der Waals surface area contributed by atoms with E-state index in [-0.39, 0.29) is 5.41 Å². The summed E-state index contributed by atoms with van der Waals surface area (Å²) in [6.45, 7) is 5.46. The molecule has 1 saturated heterocycles. The van der Waals surface area contributed by atoms with Crippen molar-refractivity contribution in [1.82, 2.24) is 0 Å². The van der Waals surface area contributed by atoms with E-state index in [4.69, 9.17) is 10.00 Å². The first kappa shape index (κ1) is 12.5. The monoisotopic (exact) mass is 256 g/mol. The van der Waals surface area contributed by atoms with Crippen LogP contribution in [0.1, 0.15) is 25.8 Å². The van der Waals surface area contributed by atoms with Crippen molar-refractivity contribution in [3.05, 3.63) is 29.8 Å². The van der Waals surface area contributed by atoms with Gasteiger partial charge in [0, 0.05) is 29.7 Å². The summed E-state index contributed by atoms with van der Waals surface area (Å²) in [4.78, 5) is 0. The number of hydrogen-bond acceptors (Lipinski definition) is 3. The lowest BCUT2D eigenvalue weighted by Crippen LogP contribution is -2.63. The third-order valence-corrected chi connectivity index (χ3v) is 4.66. The molecule has 1 aromatic rings. The smallest absolute Gasteiger partial charge is 0.0694 e. The highest BCUT2D eigenvalue weighted by Crippen LogP contribution is 2.53. The molecule has 19 heavy (non-hydrogen) atoms.